The Hall–Kier alpha value is -0.0800. The van der Waals surface area contributed by atoms with Crippen LogP contribution in [-0.2, 0) is 0 Å². The van der Waals surface area contributed by atoms with E-state index in [1.807, 2.05) is 0 Å². The zero-order valence-electron chi connectivity index (χ0n) is 26.6. The normalized spacial score (nSPS) is 16.9. The van der Waals surface area contributed by atoms with Crippen molar-refractivity contribution < 1.29 is 0 Å². The van der Waals surface area contributed by atoms with Gasteiger partial charge in [0.05, 0.1) is 0 Å². The standard InChI is InChI=1S/C35H72N2/c1-5-9-13-17-20-24-28-35(27-23-19-15-11-7-3)37-31-29-36(30-32-37)33-34(25-21-16-12-8-4)26-22-18-14-10-6-2/h34-35H,5-33H2,1-4H3. The number of unbranched alkanes of at least 4 members (excludes halogenated alkanes) is 16. The van der Waals surface area contributed by atoms with Crippen molar-refractivity contribution in [2.24, 2.45) is 5.92 Å². The monoisotopic (exact) mass is 521 g/mol. The summed E-state index contributed by atoms with van der Waals surface area (Å²) in [4.78, 5) is 5.78. The molecule has 0 amide bonds. The van der Waals surface area contributed by atoms with Gasteiger partial charge >= 0.3 is 0 Å². The second kappa shape index (κ2) is 26.2. The molecule has 2 atom stereocenters. The maximum Gasteiger partial charge on any atom is 0.0113 e. The third kappa shape index (κ3) is 19.6. The quantitative estimate of drug-likeness (QED) is 0.0993. The minimum Gasteiger partial charge on any atom is -0.301 e. The van der Waals surface area contributed by atoms with E-state index < -0.39 is 0 Å². The van der Waals surface area contributed by atoms with Crippen LogP contribution in [0.4, 0.5) is 0 Å². The molecule has 1 heterocycles. The van der Waals surface area contributed by atoms with Gasteiger partial charge in [-0.3, -0.25) is 4.90 Å². The predicted octanol–water partition coefficient (Wildman–Crippen LogP) is 11.0. The molecule has 1 aliphatic heterocycles. The van der Waals surface area contributed by atoms with Gasteiger partial charge in [-0.2, -0.15) is 0 Å². The highest BCUT2D eigenvalue weighted by Gasteiger charge is 2.24. The summed E-state index contributed by atoms with van der Waals surface area (Å²) >= 11 is 0. The lowest BCUT2D eigenvalue weighted by molar-refractivity contribution is 0.0742. The summed E-state index contributed by atoms with van der Waals surface area (Å²) < 4.78 is 0. The molecule has 1 saturated heterocycles. The summed E-state index contributed by atoms with van der Waals surface area (Å²) in [6.07, 6.45) is 34.6. The lowest BCUT2D eigenvalue weighted by Crippen LogP contribution is -2.51. The van der Waals surface area contributed by atoms with E-state index in [9.17, 15) is 0 Å². The lowest BCUT2D eigenvalue weighted by atomic mass is 9.93. The average Bonchev–Trinajstić information content (AvgIpc) is 2.92. The van der Waals surface area contributed by atoms with Gasteiger partial charge in [0.25, 0.3) is 0 Å². The Morgan fingerprint density at radius 2 is 0.757 bits per heavy atom. The van der Waals surface area contributed by atoms with Gasteiger partial charge in [0, 0.05) is 38.8 Å². The molecule has 1 rings (SSSR count). The Bertz CT molecular complexity index is 443. The van der Waals surface area contributed by atoms with Crippen molar-refractivity contribution in [3.8, 4) is 0 Å². The van der Waals surface area contributed by atoms with Crippen LogP contribution in [0.3, 0.4) is 0 Å². The first-order chi connectivity index (χ1) is 18.2. The van der Waals surface area contributed by atoms with E-state index in [0.29, 0.717) is 0 Å². The Morgan fingerprint density at radius 1 is 0.405 bits per heavy atom. The summed E-state index contributed by atoms with van der Waals surface area (Å²) in [6.45, 7) is 16.0. The molecule has 1 aliphatic rings. The molecule has 2 nitrogen and oxygen atoms in total. The zero-order chi connectivity index (χ0) is 26.8. The van der Waals surface area contributed by atoms with E-state index in [2.05, 4.69) is 37.5 Å². The van der Waals surface area contributed by atoms with Crippen molar-refractivity contribution in [1.29, 1.82) is 0 Å². The fourth-order valence-corrected chi connectivity index (χ4v) is 6.55. The first-order valence-electron chi connectivity index (χ1n) is 17.7. The maximum absolute atomic E-state index is 2.92. The van der Waals surface area contributed by atoms with E-state index in [0.717, 1.165) is 12.0 Å². The van der Waals surface area contributed by atoms with Crippen molar-refractivity contribution in [1.82, 2.24) is 9.80 Å². The predicted molar refractivity (Wildman–Crippen MR) is 169 cm³/mol. The molecule has 0 aromatic heterocycles. The average molecular weight is 521 g/mol. The molecule has 1 fully saturated rings. The van der Waals surface area contributed by atoms with E-state index >= 15 is 0 Å². The van der Waals surface area contributed by atoms with Crippen LogP contribution in [0, 0.1) is 5.92 Å². The fourth-order valence-electron chi connectivity index (χ4n) is 6.55. The van der Waals surface area contributed by atoms with Crippen LogP contribution in [0.15, 0.2) is 0 Å². The van der Waals surface area contributed by atoms with Crippen molar-refractivity contribution in [3.05, 3.63) is 0 Å². The number of piperazine rings is 1. The van der Waals surface area contributed by atoms with Crippen LogP contribution in [0.1, 0.15) is 182 Å². The van der Waals surface area contributed by atoms with Gasteiger partial charge in [0.15, 0.2) is 0 Å². The van der Waals surface area contributed by atoms with Crippen LogP contribution < -0.4 is 0 Å². The van der Waals surface area contributed by atoms with Crippen molar-refractivity contribution >= 4 is 0 Å². The van der Waals surface area contributed by atoms with E-state index in [1.54, 1.807) is 0 Å². The second-order valence-corrected chi connectivity index (χ2v) is 12.7. The number of hydrogen-bond donors (Lipinski definition) is 0. The summed E-state index contributed by atoms with van der Waals surface area (Å²) in [6, 6.07) is 0.860. The Labute approximate surface area is 236 Å². The minimum absolute atomic E-state index is 0.860. The molecule has 0 aromatic rings. The number of rotatable bonds is 27. The molecule has 0 bridgehead atoms. The molecule has 2 unspecified atom stereocenters. The molecule has 222 valence electrons. The third-order valence-corrected chi connectivity index (χ3v) is 9.15. The highest BCUT2D eigenvalue weighted by molar-refractivity contribution is 4.80. The van der Waals surface area contributed by atoms with Gasteiger partial charge in [0.1, 0.15) is 0 Å². The number of hydrogen-bond acceptors (Lipinski definition) is 2. The molecule has 2 heteroatoms. The largest absolute Gasteiger partial charge is 0.301 e. The van der Waals surface area contributed by atoms with Crippen LogP contribution in [-0.4, -0.2) is 48.6 Å². The summed E-state index contributed by atoms with van der Waals surface area (Å²) in [7, 11) is 0. The van der Waals surface area contributed by atoms with Crippen molar-refractivity contribution in [2.45, 2.75) is 188 Å². The Kier molecular flexibility index (Phi) is 24.7. The molecule has 0 N–H and O–H groups in total. The lowest BCUT2D eigenvalue weighted by Gasteiger charge is -2.40. The van der Waals surface area contributed by atoms with E-state index in [4.69, 9.17) is 0 Å². The molecule has 0 saturated carbocycles. The molecular weight excluding hydrogens is 448 g/mol. The summed E-state index contributed by atoms with van der Waals surface area (Å²) in [5.74, 6) is 0.947. The molecular formula is C35H72N2. The van der Waals surface area contributed by atoms with Crippen LogP contribution in [0.25, 0.3) is 0 Å². The van der Waals surface area contributed by atoms with Gasteiger partial charge in [-0.1, -0.05) is 156 Å². The highest BCUT2D eigenvalue weighted by atomic mass is 15.3. The smallest absolute Gasteiger partial charge is 0.0113 e. The molecule has 37 heavy (non-hydrogen) atoms. The SMILES string of the molecule is CCCCCCCCC(CCCCCCC)N1CCN(CC(CCCCCC)CCCCCCC)CC1. The molecule has 0 radical (unpaired) electrons. The van der Waals surface area contributed by atoms with Gasteiger partial charge in [-0.15, -0.1) is 0 Å². The molecule has 0 aliphatic carbocycles. The third-order valence-electron chi connectivity index (χ3n) is 9.15. The molecule has 0 aromatic carbocycles. The fraction of sp³-hybridized carbons (Fsp3) is 1.00. The van der Waals surface area contributed by atoms with Crippen LogP contribution >= 0.6 is 0 Å². The second-order valence-electron chi connectivity index (χ2n) is 12.7. The van der Waals surface area contributed by atoms with E-state index in [-0.39, 0.29) is 0 Å². The summed E-state index contributed by atoms with van der Waals surface area (Å²) in [5.41, 5.74) is 0. The topological polar surface area (TPSA) is 6.48 Å². The van der Waals surface area contributed by atoms with Crippen molar-refractivity contribution in [3.63, 3.8) is 0 Å². The zero-order valence-corrected chi connectivity index (χ0v) is 26.6. The first-order valence-corrected chi connectivity index (χ1v) is 17.7. The highest BCUT2D eigenvalue weighted by Crippen LogP contribution is 2.23. The van der Waals surface area contributed by atoms with Gasteiger partial charge in [-0.05, 0) is 31.6 Å². The first kappa shape index (κ1) is 34.9. The Balaban J connectivity index is 2.46. The van der Waals surface area contributed by atoms with Crippen LogP contribution in [0.5, 0.6) is 0 Å². The number of nitrogens with zero attached hydrogens (tertiary/aromatic N) is 2. The van der Waals surface area contributed by atoms with E-state index in [1.165, 1.54) is 187 Å². The summed E-state index contributed by atoms with van der Waals surface area (Å²) in [5, 5.41) is 0. The van der Waals surface area contributed by atoms with Gasteiger partial charge in [0.2, 0.25) is 0 Å². The minimum atomic E-state index is 0.860. The maximum atomic E-state index is 2.92. The van der Waals surface area contributed by atoms with Crippen molar-refractivity contribution in [2.75, 3.05) is 32.7 Å². The van der Waals surface area contributed by atoms with Crippen LogP contribution in [0.2, 0.25) is 0 Å². The molecule has 0 spiro atoms. The Morgan fingerprint density at radius 3 is 1.19 bits per heavy atom. The van der Waals surface area contributed by atoms with Gasteiger partial charge < -0.3 is 4.90 Å². The van der Waals surface area contributed by atoms with Gasteiger partial charge in [-0.25, -0.2) is 0 Å².